The van der Waals surface area contributed by atoms with E-state index in [9.17, 15) is 24.3 Å². The van der Waals surface area contributed by atoms with Crippen LogP contribution in [0.15, 0.2) is 18.7 Å². The largest absolute Gasteiger partial charge is 0.455 e. The number of carbonyl (C=O) groups excluding carboxylic acids is 4. The Morgan fingerprint density at radius 1 is 1.08 bits per heavy atom. The highest BCUT2D eigenvalue weighted by Gasteiger charge is 2.61. The van der Waals surface area contributed by atoms with Crippen LogP contribution in [0.25, 0.3) is 0 Å². The van der Waals surface area contributed by atoms with E-state index in [2.05, 4.69) is 10.3 Å². The number of ether oxygens (including phenoxy) is 5. The molecule has 4 rings (SSSR count). The number of aliphatic hydroxyl groups is 1. The van der Waals surface area contributed by atoms with E-state index >= 15 is 4.39 Å². The second kappa shape index (κ2) is 17.2. The molecule has 3 aliphatic rings. The highest BCUT2D eigenvalue weighted by molar-refractivity contribution is 6.08. The van der Waals surface area contributed by atoms with E-state index in [1.165, 1.54) is 18.9 Å². The molecule has 1 unspecified atom stereocenters. The number of Topliss-reactive ketones (excluding diaryl/α,β-unsaturated/α-hetero) is 2. The van der Waals surface area contributed by atoms with Gasteiger partial charge in [0, 0.05) is 56.4 Å². The Hall–Kier alpha value is -2.98. The molecule has 300 valence electrons. The summed E-state index contributed by atoms with van der Waals surface area (Å²) in [6, 6.07) is -1.29. The summed E-state index contributed by atoms with van der Waals surface area (Å²) in [5.41, 5.74) is -6.17. The zero-order chi connectivity index (χ0) is 39.5. The summed E-state index contributed by atoms with van der Waals surface area (Å²) in [5, 5.41) is 14.7. The molecular weight excluding hydrogens is 691 g/mol. The number of alkyl halides is 1. The van der Waals surface area contributed by atoms with Crippen LogP contribution in [0.2, 0.25) is 0 Å². The molecule has 0 saturated carbocycles. The molecule has 1 aromatic heterocycles. The number of cyclic esters (lactones) is 1. The van der Waals surface area contributed by atoms with Crippen molar-refractivity contribution >= 4 is 23.6 Å². The number of amides is 1. The van der Waals surface area contributed by atoms with Gasteiger partial charge in [-0.05, 0) is 66.3 Å². The van der Waals surface area contributed by atoms with Crippen LogP contribution in [-0.2, 0) is 44.6 Å². The molecule has 3 saturated heterocycles. The summed E-state index contributed by atoms with van der Waals surface area (Å²) in [7, 11) is 1.40. The molecule has 14 nitrogen and oxygen atoms in total. The van der Waals surface area contributed by atoms with Crippen LogP contribution in [0, 0.1) is 17.8 Å². The average molecular weight is 753 g/mol. The number of halogens is 1. The molecule has 0 bridgehead atoms. The lowest BCUT2D eigenvalue weighted by Gasteiger charge is -2.46. The number of carbonyl (C=O) groups is 4. The Morgan fingerprint density at radius 3 is 2.38 bits per heavy atom. The van der Waals surface area contributed by atoms with Gasteiger partial charge in [0.05, 0.1) is 30.2 Å². The second-order valence-electron chi connectivity index (χ2n) is 15.8. The molecule has 15 heteroatoms. The predicted octanol–water partition coefficient (Wildman–Crippen LogP) is 4.01. The van der Waals surface area contributed by atoms with Gasteiger partial charge in [0.25, 0.3) is 5.67 Å². The van der Waals surface area contributed by atoms with Gasteiger partial charge in [0.2, 0.25) is 0 Å². The zero-order valence-electron chi connectivity index (χ0n) is 33.0. The maximum atomic E-state index is 16.8. The molecule has 1 amide bonds. The van der Waals surface area contributed by atoms with Crippen molar-refractivity contribution in [1.29, 1.82) is 0 Å². The molecule has 0 aliphatic carbocycles. The lowest BCUT2D eigenvalue weighted by Crippen LogP contribution is -2.62. The van der Waals surface area contributed by atoms with Gasteiger partial charge in [-0.25, -0.2) is 19.0 Å². The highest BCUT2D eigenvalue weighted by Crippen LogP contribution is 2.43. The number of aromatic nitrogens is 2. The van der Waals surface area contributed by atoms with Crippen molar-refractivity contribution in [1.82, 2.24) is 19.8 Å². The van der Waals surface area contributed by atoms with Gasteiger partial charge in [-0.2, -0.15) is 0 Å². The molecule has 3 aliphatic heterocycles. The molecule has 13 atom stereocenters. The fourth-order valence-corrected chi connectivity index (χ4v) is 8.60. The quantitative estimate of drug-likeness (QED) is 0.247. The van der Waals surface area contributed by atoms with Gasteiger partial charge in [0.1, 0.15) is 18.0 Å². The Morgan fingerprint density at radius 2 is 1.77 bits per heavy atom. The number of rotatable bonds is 11. The summed E-state index contributed by atoms with van der Waals surface area (Å²) < 4.78 is 49.1. The smallest absolute Gasteiger partial charge is 0.410 e. The number of aliphatic hydroxyl groups excluding tert-OH is 1. The fraction of sp³-hybridized carbons (Fsp3) is 0.816. The van der Waals surface area contributed by atoms with Crippen LogP contribution in [-0.4, -0.2) is 123 Å². The number of ketones is 2. The summed E-state index contributed by atoms with van der Waals surface area (Å²) in [6.45, 7) is 15.9. The van der Waals surface area contributed by atoms with E-state index in [0.29, 0.717) is 25.9 Å². The number of nitrogens with zero attached hydrogens (tertiary/aromatic N) is 3. The van der Waals surface area contributed by atoms with Crippen molar-refractivity contribution in [2.75, 3.05) is 20.2 Å². The van der Waals surface area contributed by atoms with E-state index in [0.717, 1.165) is 13.3 Å². The topological polar surface area (TPSA) is 168 Å². The number of nitrogens with one attached hydrogen (secondary N) is 1. The Bertz CT molecular complexity index is 1430. The number of fused-ring (bicyclic) bond motifs is 1. The van der Waals surface area contributed by atoms with Crippen molar-refractivity contribution in [2.45, 2.75) is 161 Å². The molecule has 0 aromatic carbocycles. The van der Waals surface area contributed by atoms with E-state index in [1.54, 1.807) is 53.3 Å². The first-order valence-electron chi connectivity index (χ1n) is 19.1. The van der Waals surface area contributed by atoms with Crippen molar-refractivity contribution in [3.63, 3.8) is 0 Å². The van der Waals surface area contributed by atoms with E-state index in [-0.39, 0.29) is 37.3 Å². The SMILES string of the molecule is CCCN[C@H]1C[C@@H](C)O[C@@H](O[C@@H]2[C@@H](C)C(=O)[C@](C)(F)C(=O)O[C@H](CC)[C@@]3(C)OC(=O)N(CCCn4ccnc4)C3[C@@H](C)C(=O)[C@H](C)C[C@@]2(C)OC)[C@H]1O. The first-order chi connectivity index (χ1) is 24.9. The number of aryl methyl sites for hydroxylation is 1. The summed E-state index contributed by atoms with van der Waals surface area (Å²) in [5.74, 6) is -5.73. The Kier molecular flexibility index (Phi) is 13.9. The van der Waals surface area contributed by atoms with Crippen LogP contribution >= 0.6 is 0 Å². The summed E-state index contributed by atoms with van der Waals surface area (Å²) >= 11 is 0. The van der Waals surface area contributed by atoms with E-state index < -0.39 is 83.1 Å². The number of hydrogen-bond acceptors (Lipinski definition) is 12. The molecule has 0 spiro atoms. The third kappa shape index (κ3) is 8.79. The molecule has 53 heavy (non-hydrogen) atoms. The average Bonchev–Trinajstić information content (AvgIpc) is 3.73. The van der Waals surface area contributed by atoms with E-state index in [4.69, 9.17) is 23.7 Å². The van der Waals surface area contributed by atoms with Crippen LogP contribution in [0.1, 0.15) is 94.4 Å². The van der Waals surface area contributed by atoms with Gasteiger partial charge in [-0.15, -0.1) is 0 Å². The van der Waals surface area contributed by atoms with Crippen LogP contribution < -0.4 is 5.32 Å². The van der Waals surface area contributed by atoms with Gasteiger partial charge in [-0.3, -0.25) is 9.59 Å². The van der Waals surface area contributed by atoms with Crippen LogP contribution in [0.3, 0.4) is 0 Å². The van der Waals surface area contributed by atoms with Gasteiger partial charge in [-0.1, -0.05) is 34.6 Å². The lowest BCUT2D eigenvalue weighted by molar-refractivity contribution is -0.290. The molecular formula is C38H61FN4O10. The summed E-state index contributed by atoms with van der Waals surface area (Å²) in [6.07, 6.45) is 1.15. The van der Waals surface area contributed by atoms with Crippen LogP contribution in [0.5, 0.6) is 0 Å². The highest BCUT2D eigenvalue weighted by atomic mass is 19.1. The zero-order valence-corrected chi connectivity index (χ0v) is 33.0. The molecule has 0 radical (unpaired) electrons. The lowest BCUT2D eigenvalue weighted by atomic mass is 9.73. The monoisotopic (exact) mass is 752 g/mol. The normalized spacial score (nSPS) is 40.4. The first kappa shape index (κ1) is 42.8. The molecule has 4 heterocycles. The number of hydrogen-bond donors (Lipinski definition) is 2. The molecule has 1 aromatic rings. The first-order valence-corrected chi connectivity index (χ1v) is 19.1. The second-order valence-corrected chi connectivity index (χ2v) is 15.8. The van der Waals surface area contributed by atoms with Crippen LogP contribution in [0.4, 0.5) is 9.18 Å². The van der Waals surface area contributed by atoms with E-state index in [1.807, 2.05) is 18.4 Å². The van der Waals surface area contributed by atoms with Gasteiger partial charge >= 0.3 is 12.1 Å². The number of imidazole rings is 1. The Labute approximate surface area is 312 Å². The van der Waals surface area contributed by atoms with Gasteiger partial charge < -0.3 is 43.6 Å². The summed E-state index contributed by atoms with van der Waals surface area (Å²) in [4.78, 5) is 61.7. The standard InChI is InChI=1S/C38H61FN4O10/c1-11-14-41-26-19-23(4)50-33(29(26)45)52-32-25(6)31(46)37(8,39)34(47)51-27(12-2)38(9)30(24(5)28(44)22(3)20-36(32,7)49-10)43(35(48)53-38)17-13-16-42-18-15-40-21-42/h15,18,21-27,29-30,32-33,41,45H,11-14,16-17,19-20H2,1-10H3/t22-,23-,24+,25+,26+,27-,29+,30?,32-,33+,36-,37+,38-/m1/s1. The maximum Gasteiger partial charge on any atom is 0.410 e. The van der Waals surface area contributed by atoms with Crippen molar-refractivity contribution in [3.8, 4) is 0 Å². The van der Waals surface area contributed by atoms with Crippen molar-refractivity contribution in [2.24, 2.45) is 17.8 Å². The maximum absolute atomic E-state index is 16.8. The van der Waals surface area contributed by atoms with Gasteiger partial charge in [0.15, 0.2) is 17.7 Å². The molecule has 3 fully saturated rings. The Balaban J connectivity index is 1.77. The molecule has 2 N–H and O–H groups in total. The fourth-order valence-electron chi connectivity index (χ4n) is 8.60. The predicted molar refractivity (Wildman–Crippen MR) is 191 cm³/mol. The number of methoxy groups -OCH3 is 1. The third-order valence-electron chi connectivity index (χ3n) is 11.6. The van der Waals surface area contributed by atoms with Crippen molar-refractivity contribution in [3.05, 3.63) is 18.7 Å². The minimum absolute atomic E-state index is 0.00830. The third-order valence-corrected chi connectivity index (χ3v) is 11.6. The van der Waals surface area contributed by atoms with Crippen molar-refractivity contribution < 1.29 is 52.4 Å². The minimum Gasteiger partial charge on any atom is -0.455 e. The number of esters is 1. The minimum atomic E-state index is -3.16.